The van der Waals surface area contributed by atoms with Crippen LogP contribution < -0.4 is 10.2 Å². The summed E-state index contributed by atoms with van der Waals surface area (Å²) in [5.41, 5.74) is 1.74. The summed E-state index contributed by atoms with van der Waals surface area (Å²) in [7, 11) is 1.49. The van der Waals surface area contributed by atoms with Crippen molar-refractivity contribution in [1.82, 2.24) is 4.90 Å². The Bertz CT molecular complexity index is 654. The van der Waals surface area contributed by atoms with Gasteiger partial charge in [-0.1, -0.05) is 13.8 Å². The number of morpholine rings is 1. The highest BCUT2D eigenvalue weighted by Gasteiger charge is 2.17. The van der Waals surface area contributed by atoms with Gasteiger partial charge in [-0.25, -0.2) is 0 Å². The van der Waals surface area contributed by atoms with Crippen LogP contribution in [-0.2, 0) is 23.9 Å². The van der Waals surface area contributed by atoms with Gasteiger partial charge in [0.15, 0.2) is 6.61 Å². The fourth-order valence-electron chi connectivity index (χ4n) is 2.49. The number of hydrogen-bond donors (Lipinski definition) is 1. The second-order valence-electron chi connectivity index (χ2n) is 6.71. The molecule has 0 saturated carbocycles. The first-order valence-electron chi connectivity index (χ1n) is 9.00. The van der Waals surface area contributed by atoms with Crippen LogP contribution in [0.4, 0.5) is 11.4 Å². The first-order valence-corrected chi connectivity index (χ1v) is 9.00. The Morgan fingerprint density at radius 1 is 1.19 bits per heavy atom. The lowest BCUT2D eigenvalue weighted by Crippen LogP contribution is -2.37. The van der Waals surface area contributed by atoms with Crippen LogP contribution in [0.3, 0.4) is 0 Å². The molecular formula is C19H27N3O5. The second-order valence-corrected chi connectivity index (χ2v) is 6.71. The highest BCUT2D eigenvalue weighted by Crippen LogP contribution is 2.19. The van der Waals surface area contributed by atoms with E-state index in [1.165, 1.54) is 11.9 Å². The molecular weight excluding hydrogens is 350 g/mol. The summed E-state index contributed by atoms with van der Waals surface area (Å²) >= 11 is 0. The van der Waals surface area contributed by atoms with Crippen LogP contribution in [0, 0.1) is 5.92 Å². The predicted octanol–water partition coefficient (Wildman–Crippen LogP) is 1.12. The van der Waals surface area contributed by atoms with Gasteiger partial charge in [-0.2, -0.15) is 0 Å². The number of ether oxygens (including phenoxy) is 2. The molecule has 1 aromatic carbocycles. The van der Waals surface area contributed by atoms with Crippen LogP contribution in [0.1, 0.15) is 13.8 Å². The highest BCUT2D eigenvalue weighted by molar-refractivity contribution is 5.95. The van der Waals surface area contributed by atoms with E-state index < -0.39 is 11.9 Å². The Kier molecular flexibility index (Phi) is 7.60. The van der Waals surface area contributed by atoms with E-state index in [4.69, 9.17) is 9.47 Å². The molecule has 1 heterocycles. The van der Waals surface area contributed by atoms with Crippen molar-refractivity contribution in [1.29, 1.82) is 0 Å². The first-order chi connectivity index (χ1) is 12.9. The molecule has 2 amide bonds. The zero-order chi connectivity index (χ0) is 19.8. The summed E-state index contributed by atoms with van der Waals surface area (Å²) in [6.07, 6.45) is 0. The number of benzene rings is 1. The van der Waals surface area contributed by atoms with Gasteiger partial charge in [0, 0.05) is 31.5 Å². The van der Waals surface area contributed by atoms with Crippen molar-refractivity contribution in [2.45, 2.75) is 13.8 Å². The monoisotopic (exact) mass is 377 g/mol. The molecule has 1 saturated heterocycles. The van der Waals surface area contributed by atoms with Gasteiger partial charge in [0.25, 0.3) is 5.91 Å². The summed E-state index contributed by atoms with van der Waals surface area (Å²) in [4.78, 5) is 38.9. The molecule has 1 aliphatic heterocycles. The maximum absolute atomic E-state index is 12.1. The molecule has 0 aliphatic carbocycles. The number of likely N-dealkylation sites (N-methyl/N-ethyl adjacent to an activating group) is 1. The molecule has 148 valence electrons. The van der Waals surface area contributed by atoms with Crippen molar-refractivity contribution in [2.24, 2.45) is 5.92 Å². The first kappa shape index (κ1) is 20.7. The maximum atomic E-state index is 12.1. The summed E-state index contributed by atoms with van der Waals surface area (Å²) in [5, 5.41) is 2.76. The summed E-state index contributed by atoms with van der Waals surface area (Å²) < 4.78 is 10.2. The van der Waals surface area contributed by atoms with Crippen LogP contribution in [0.2, 0.25) is 0 Å². The maximum Gasteiger partial charge on any atom is 0.308 e. The topological polar surface area (TPSA) is 88.2 Å². The van der Waals surface area contributed by atoms with Crippen molar-refractivity contribution < 1.29 is 23.9 Å². The molecule has 0 spiro atoms. The molecule has 1 aromatic rings. The third-order valence-corrected chi connectivity index (χ3v) is 4.14. The van der Waals surface area contributed by atoms with E-state index in [0.717, 1.165) is 18.8 Å². The molecule has 0 bridgehead atoms. The summed E-state index contributed by atoms with van der Waals surface area (Å²) in [6.45, 7) is 6.01. The van der Waals surface area contributed by atoms with Gasteiger partial charge < -0.3 is 24.6 Å². The molecule has 0 atom stereocenters. The minimum absolute atomic E-state index is 0.122. The van der Waals surface area contributed by atoms with E-state index in [9.17, 15) is 14.4 Å². The minimum Gasteiger partial charge on any atom is -0.455 e. The standard InChI is InChI=1S/C19H27N3O5/c1-14(2)19(25)27-13-18(24)21(3)12-17(23)20-15-4-6-16(7-5-15)22-8-10-26-11-9-22/h4-7,14H,8-13H2,1-3H3,(H,20,23). The fourth-order valence-corrected chi connectivity index (χ4v) is 2.49. The van der Waals surface area contributed by atoms with Crippen LogP contribution in [0.15, 0.2) is 24.3 Å². The van der Waals surface area contributed by atoms with E-state index in [-0.39, 0.29) is 25.0 Å². The minimum atomic E-state index is -0.443. The van der Waals surface area contributed by atoms with Crippen LogP contribution in [-0.4, -0.2) is 69.2 Å². The number of esters is 1. The Balaban J connectivity index is 1.78. The predicted molar refractivity (Wildman–Crippen MR) is 102 cm³/mol. The smallest absolute Gasteiger partial charge is 0.308 e. The Hall–Kier alpha value is -2.61. The molecule has 1 N–H and O–H groups in total. The number of carbonyl (C=O) groups excluding carboxylic acids is 3. The average Bonchev–Trinajstić information content (AvgIpc) is 2.66. The summed E-state index contributed by atoms with van der Waals surface area (Å²) in [5.74, 6) is -1.49. The molecule has 8 nitrogen and oxygen atoms in total. The van der Waals surface area contributed by atoms with Gasteiger partial charge in [0.05, 0.1) is 25.7 Å². The van der Waals surface area contributed by atoms with Crippen molar-refractivity contribution in [3.63, 3.8) is 0 Å². The normalized spacial score (nSPS) is 14.0. The van der Waals surface area contributed by atoms with Gasteiger partial charge in [-0.15, -0.1) is 0 Å². The van der Waals surface area contributed by atoms with E-state index in [0.29, 0.717) is 18.9 Å². The second kappa shape index (κ2) is 9.91. The van der Waals surface area contributed by atoms with Crippen LogP contribution in [0.25, 0.3) is 0 Å². The molecule has 1 aliphatic rings. The van der Waals surface area contributed by atoms with Crippen LogP contribution >= 0.6 is 0 Å². The number of hydrogen-bond acceptors (Lipinski definition) is 6. The van der Waals surface area contributed by atoms with Crippen molar-refractivity contribution in [3.05, 3.63) is 24.3 Å². The molecule has 0 unspecified atom stereocenters. The van der Waals surface area contributed by atoms with Crippen LogP contribution in [0.5, 0.6) is 0 Å². The molecule has 27 heavy (non-hydrogen) atoms. The lowest BCUT2D eigenvalue weighted by molar-refractivity contribution is -0.154. The zero-order valence-corrected chi connectivity index (χ0v) is 16.1. The quantitative estimate of drug-likeness (QED) is 0.717. The van der Waals surface area contributed by atoms with Crippen molar-refractivity contribution >= 4 is 29.2 Å². The lowest BCUT2D eigenvalue weighted by Gasteiger charge is -2.28. The van der Waals surface area contributed by atoms with Gasteiger partial charge in [-0.3, -0.25) is 14.4 Å². The van der Waals surface area contributed by atoms with Gasteiger partial charge >= 0.3 is 5.97 Å². The third-order valence-electron chi connectivity index (χ3n) is 4.14. The molecule has 8 heteroatoms. The van der Waals surface area contributed by atoms with Crippen molar-refractivity contribution in [2.75, 3.05) is 56.7 Å². The zero-order valence-electron chi connectivity index (χ0n) is 16.1. The highest BCUT2D eigenvalue weighted by atomic mass is 16.5. The third kappa shape index (κ3) is 6.56. The van der Waals surface area contributed by atoms with E-state index in [1.54, 1.807) is 13.8 Å². The van der Waals surface area contributed by atoms with Gasteiger partial charge in [0.1, 0.15) is 0 Å². The Labute approximate surface area is 159 Å². The largest absolute Gasteiger partial charge is 0.455 e. The number of carbonyl (C=O) groups is 3. The van der Waals surface area contributed by atoms with Crippen molar-refractivity contribution in [3.8, 4) is 0 Å². The number of rotatable bonds is 7. The lowest BCUT2D eigenvalue weighted by atomic mass is 10.2. The fraction of sp³-hybridized carbons (Fsp3) is 0.526. The summed E-state index contributed by atoms with van der Waals surface area (Å²) in [6, 6.07) is 7.55. The van der Waals surface area contributed by atoms with E-state index in [2.05, 4.69) is 10.2 Å². The number of amides is 2. The molecule has 1 fully saturated rings. The number of anilines is 2. The van der Waals surface area contributed by atoms with Gasteiger partial charge in [0.2, 0.25) is 5.91 Å². The number of nitrogens with one attached hydrogen (secondary N) is 1. The number of nitrogens with zero attached hydrogens (tertiary/aromatic N) is 2. The Morgan fingerprint density at radius 2 is 1.81 bits per heavy atom. The molecule has 2 rings (SSSR count). The molecule has 0 radical (unpaired) electrons. The average molecular weight is 377 g/mol. The van der Waals surface area contributed by atoms with E-state index in [1.807, 2.05) is 24.3 Å². The SMILES string of the molecule is CC(C)C(=O)OCC(=O)N(C)CC(=O)Nc1ccc(N2CCOCC2)cc1. The Morgan fingerprint density at radius 3 is 2.41 bits per heavy atom. The van der Waals surface area contributed by atoms with Gasteiger partial charge in [-0.05, 0) is 24.3 Å². The van der Waals surface area contributed by atoms with E-state index >= 15 is 0 Å². The molecule has 0 aromatic heterocycles.